The van der Waals surface area contributed by atoms with E-state index >= 15 is 0 Å². The van der Waals surface area contributed by atoms with Crippen molar-refractivity contribution < 1.29 is 19.4 Å². The lowest BCUT2D eigenvalue weighted by Gasteiger charge is -2.42. The minimum absolute atomic E-state index is 0.252. The van der Waals surface area contributed by atoms with Crippen LogP contribution >= 0.6 is 0 Å². The van der Waals surface area contributed by atoms with E-state index in [0.717, 1.165) is 12.8 Å². The molecule has 0 radical (unpaired) electrons. The van der Waals surface area contributed by atoms with Crippen LogP contribution in [0.5, 0.6) is 0 Å². The molecule has 1 N–H and O–H groups in total. The van der Waals surface area contributed by atoms with Crippen LogP contribution in [0.2, 0.25) is 0 Å². The molecule has 0 heterocycles. The maximum atomic E-state index is 12.5. The number of carboxylic acids is 1. The molecule has 0 saturated heterocycles. The summed E-state index contributed by atoms with van der Waals surface area (Å²) in [4.78, 5) is 24.3. The Balaban J connectivity index is 5.49. The van der Waals surface area contributed by atoms with E-state index in [1.165, 1.54) is 0 Å². The second-order valence-corrected chi connectivity index (χ2v) is 6.52. The minimum atomic E-state index is -1.52. The van der Waals surface area contributed by atoms with Crippen molar-refractivity contribution in [2.75, 3.05) is 0 Å². The molecule has 112 valence electrons. The predicted molar refractivity (Wildman–Crippen MR) is 74.8 cm³/mol. The summed E-state index contributed by atoms with van der Waals surface area (Å²) in [5, 5.41) is 9.64. The van der Waals surface area contributed by atoms with E-state index in [2.05, 4.69) is 0 Å². The number of rotatable bonds is 6. The fourth-order valence-corrected chi connectivity index (χ4v) is 2.80. The molecule has 2 atom stereocenters. The molecule has 0 aliphatic carbocycles. The zero-order valence-corrected chi connectivity index (χ0v) is 13.2. The number of esters is 1. The summed E-state index contributed by atoms with van der Waals surface area (Å²) in [5.74, 6) is -2.07. The van der Waals surface area contributed by atoms with Gasteiger partial charge in [-0.25, -0.2) is 0 Å². The molecule has 0 aliphatic rings. The number of aliphatic carboxylic acids is 1. The average molecular weight is 272 g/mol. The van der Waals surface area contributed by atoms with Gasteiger partial charge >= 0.3 is 11.9 Å². The van der Waals surface area contributed by atoms with E-state index in [0.29, 0.717) is 0 Å². The van der Waals surface area contributed by atoms with Gasteiger partial charge in [-0.2, -0.15) is 0 Å². The van der Waals surface area contributed by atoms with Gasteiger partial charge in [-0.1, -0.05) is 48.0 Å². The van der Waals surface area contributed by atoms with Crippen molar-refractivity contribution in [2.24, 2.45) is 16.7 Å². The molecule has 0 fully saturated rings. The lowest BCUT2D eigenvalue weighted by atomic mass is 9.60. The van der Waals surface area contributed by atoms with Crippen LogP contribution in [0.1, 0.15) is 61.3 Å². The van der Waals surface area contributed by atoms with Gasteiger partial charge < -0.3 is 9.84 Å². The van der Waals surface area contributed by atoms with Crippen molar-refractivity contribution in [3.05, 3.63) is 0 Å². The first-order valence-corrected chi connectivity index (χ1v) is 6.96. The highest BCUT2D eigenvalue weighted by Crippen LogP contribution is 2.46. The fourth-order valence-electron chi connectivity index (χ4n) is 2.80. The van der Waals surface area contributed by atoms with Crippen LogP contribution in [0.3, 0.4) is 0 Å². The molecule has 0 bridgehead atoms. The van der Waals surface area contributed by atoms with Crippen molar-refractivity contribution in [1.82, 2.24) is 0 Å². The van der Waals surface area contributed by atoms with Gasteiger partial charge in [0.1, 0.15) is 0 Å². The lowest BCUT2D eigenvalue weighted by molar-refractivity contribution is -0.186. The Hall–Kier alpha value is -1.06. The Labute approximate surface area is 116 Å². The zero-order chi connectivity index (χ0) is 15.4. The van der Waals surface area contributed by atoms with Crippen LogP contribution in [-0.2, 0) is 14.3 Å². The molecule has 0 saturated carbocycles. The summed E-state index contributed by atoms with van der Waals surface area (Å²) in [6.07, 6.45) is 1.38. The third kappa shape index (κ3) is 3.48. The predicted octanol–water partition coefficient (Wildman–Crippen LogP) is 3.49. The summed E-state index contributed by atoms with van der Waals surface area (Å²) in [6, 6.07) is 0. The molecule has 0 aromatic heterocycles. The first-order chi connectivity index (χ1) is 8.51. The summed E-state index contributed by atoms with van der Waals surface area (Å²) < 4.78 is 5.39. The van der Waals surface area contributed by atoms with Crippen LogP contribution in [0.4, 0.5) is 0 Å². The van der Waals surface area contributed by atoms with Gasteiger partial charge in [0.2, 0.25) is 0 Å². The number of carbonyl (C=O) groups is 2. The highest BCUT2D eigenvalue weighted by molar-refractivity contribution is 6.00. The fraction of sp³-hybridized carbons (Fsp3) is 0.867. The monoisotopic (exact) mass is 272 g/mol. The van der Waals surface area contributed by atoms with E-state index < -0.39 is 22.8 Å². The van der Waals surface area contributed by atoms with E-state index in [1.807, 2.05) is 6.92 Å². The van der Waals surface area contributed by atoms with E-state index in [1.54, 1.807) is 41.5 Å². The molecule has 2 unspecified atom stereocenters. The highest BCUT2D eigenvalue weighted by atomic mass is 16.5. The summed E-state index contributed by atoms with van der Waals surface area (Å²) >= 11 is 0. The maximum absolute atomic E-state index is 12.5. The first-order valence-electron chi connectivity index (χ1n) is 6.96. The van der Waals surface area contributed by atoms with Gasteiger partial charge in [0.25, 0.3) is 0 Å². The van der Waals surface area contributed by atoms with Gasteiger partial charge in [0.15, 0.2) is 5.41 Å². The number of hydrogen-bond acceptors (Lipinski definition) is 3. The van der Waals surface area contributed by atoms with Gasteiger partial charge in [0, 0.05) is 0 Å². The molecule has 0 aromatic rings. The Morgan fingerprint density at radius 1 is 1.16 bits per heavy atom. The Kier molecular flexibility index (Phi) is 6.04. The lowest BCUT2D eigenvalue weighted by Crippen LogP contribution is -2.54. The van der Waals surface area contributed by atoms with Gasteiger partial charge in [-0.05, 0) is 24.7 Å². The standard InChI is InChI=1S/C15H28O4/c1-8-9-11(4)19-13(18)15(10(2)3,12(16)17)14(5,6)7/h10-11H,8-9H2,1-7H3,(H,16,17). The Morgan fingerprint density at radius 2 is 1.63 bits per heavy atom. The maximum Gasteiger partial charge on any atom is 0.324 e. The van der Waals surface area contributed by atoms with E-state index in [-0.39, 0.29) is 12.0 Å². The number of ether oxygens (including phenoxy) is 1. The Morgan fingerprint density at radius 3 is 1.89 bits per heavy atom. The molecular formula is C15H28O4. The zero-order valence-electron chi connectivity index (χ0n) is 13.2. The average Bonchev–Trinajstić information content (AvgIpc) is 2.13. The molecule has 4 heteroatoms. The second kappa shape index (κ2) is 6.40. The second-order valence-electron chi connectivity index (χ2n) is 6.52. The van der Waals surface area contributed by atoms with Gasteiger partial charge in [0.05, 0.1) is 6.10 Å². The largest absolute Gasteiger partial charge is 0.480 e. The van der Waals surface area contributed by atoms with Crippen LogP contribution in [-0.4, -0.2) is 23.1 Å². The molecule has 4 nitrogen and oxygen atoms in total. The summed E-state index contributed by atoms with van der Waals surface area (Å²) in [6.45, 7) is 12.6. The smallest absolute Gasteiger partial charge is 0.324 e. The minimum Gasteiger partial charge on any atom is -0.480 e. The quantitative estimate of drug-likeness (QED) is 0.594. The van der Waals surface area contributed by atoms with Gasteiger partial charge in [-0.15, -0.1) is 0 Å². The normalized spacial score (nSPS) is 16.8. The number of carboxylic acid groups (broad SMARTS) is 1. The third-order valence-electron chi connectivity index (χ3n) is 3.71. The Bertz CT molecular complexity index is 328. The van der Waals surface area contributed by atoms with Crippen molar-refractivity contribution in [2.45, 2.75) is 67.4 Å². The first kappa shape index (κ1) is 17.9. The van der Waals surface area contributed by atoms with Crippen LogP contribution in [0.15, 0.2) is 0 Å². The molecule has 0 spiro atoms. The van der Waals surface area contributed by atoms with Crippen LogP contribution in [0.25, 0.3) is 0 Å². The SMILES string of the molecule is CCCC(C)OC(=O)C(C(=O)O)(C(C)C)C(C)(C)C. The molecule has 0 rings (SSSR count). The van der Waals surface area contributed by atoms with Crippen molar-refractivity contribution in [1.29, 1.82) is 0 Å². The summed E-state index contributed by atoms with van der Waals surface area (Å²) in [7, 11) is 0. The molecule has 0 amide bonds. The van der Waals surface area contributed by atoms with E-state index in [4.69, 9.17) is 4.74 Å². The third-order valence-corrected chi connectivity index (χ3v) is 3.71. The van der Waals surface area contributed by atoms with Crippen molar-refractivity contribution in [3.63, 3.8) is 0 Å². The van der Waals surface area contributed by atoms with Crippen LogP contribution < -0.4 is 0 Å². The van der Waals surface area contributed by atoms with Crippen LogP contribution in [0, 0.1) is 16.7 Å². The molecule has 19 heavy (non-hydrogen) atoms. The van der Waals surface area contributed by atoms with Crippen molar-refractivity contribution >= 4 is 11.9 Å². The van der Waals surface area contributed by atoms with E-state index in [9.17, 15) is 14.7 Å². The van der Waals surface area contributed by atoms with Gasteiger partial charge in [-0.3, -0.25) is 9.59 Å². The molecule has 0 aromatic carbocycles. The van der Waals surface area contributed by atoms with Crippen molar-refractivity contribution in [3.8, 4) is 0 Å². The number of hydrogen-bond donors (Lipinski definition) is 1. The molecular weight excluding hydrogens is 244 g/mol. The molecule has 0 aliphatic heterocycles. The topological polar surface area (TPSA) is 63.6 Å². The number of carbonyl (C=O) groups excluding carboxylic acids is 1. The summed E-state index contributed by atoms with van der Waals surface area (Å²) in [5.41, 5.74) is -2.23. The highest BCUT2D eigenvalue weighted by Gasteiger charge is 2.58.